The monoisotopic (exact) mass is 448 g/mol. The van der Waals surface area contributed by atoms with Gasteiger partial charge >= 0.3 is 0 Å². The third-order valence-corrected chi connectivity index (χ3v) is 4.09. The quantitative estimate of drug-likeness (QED) is 0.403. The summed E-state index contributed by atoms with van der Waals surface area (Å²) in [6.45, 7) is 5.76. The molecular formula is C16H22FIN4S. The van der Waals surface area contributed by atoms with E-state index in [-0.39, 0.29) is 29.8 Å². The molecule has 0 unspecified atom stereocenters. The first kappa shape index (κ1) is 19.8. The van der Waals surface area contributed by atoms with Crippen molar-refractivity contribution in [2.24, 2.45) is 4.99 Å². The molecule has 0 bridgehead atoms. The number of hydrogen-bond donors (Lipinski definition) is 2. The lowest BCUT2D eigenvalue weighted by Gasteiger charge is -2.10. The van der Waals surface area contributed by atoms with Crippen LogP contribution in [0.3, 0.4) is 0 Å². The summed E-state index contributed by atoms with van der Waals surface area (Å²) in [5, 5.41) is 9.56. The molecule has 0 aliphatic rings. The van der Waals surface area contributed by atoms with Crippen molar-refractivity contribution in [1.29, 1.82) is 0 Å². The average Bonchev–Trinajstić information content (AvgIpc) is 2.99. The lowest BCUT2D eigenvalue weighted by molar-refractivity contribution is 0.610. The van der Waals surface area contributed by atoms with Crippen LogP contribution in [0.5, 0.6) is 0 Å². The molecule has 0 fully saturated rings. The number of thiazole rings is 1. The second kappa shape index (κ2) is 10.5. The van der Waals surface area contributed by atoms with Crippen LogP contribution in [0.4, 0.5) is 4.39 Å². The first-order valence-electron chi connectivity index (χ1n) is 7.41. The molecule has 4 nitrogen and oxygen atoms in total. The summed E-state index contributed by atoms with van der Waals surface area (Å²) in [5.41, 5.74) is 1.58. The summed E-state index contributed by atoms with van der Waals surface area (Å²) in [6, 6.07) is 6.69. The fraction of sp³-hybridized carbons (Fsp3) is 0.375. The normalized spacial score (nSPS) is 11.0. The second-order valence-corrected chi connectivity index (χ2v) is 5.67. The van der Waals surface area contributed by atoms with Gasteiger partial charge in [0, 0.05) is 17.5 Å². The molecular weight excluding hydrogens is 426 g/mol. The highest BCUT2D eigenvalue weighted by Gasteiger charge is 2.04. The number of rotatable bonds is 6. The van der Waals surface area contributed by atoms with Gasteiger partial charge in [0.1, 0.15) is 5.82 Å². The van der Waals surface area contributed by atoms with Crippen LogP contribution < -0.4 is 10.6 Å². The van der Waals surface area contributed by atoms with Crippen molar-refractivity contribution in [3.05, 3.63) is 51.7 Å². The molecule has 0 radical (unpaired) electrons. The molecule has 1 aromatic carbocycles. The minimum Gasteiger partial charge on any atom is -0.357 e. The Kier molecular flexibility index (Phi) is 9.08. The van der Waals surface area contributed by atoms with Crippen LogP contribution in [0.15, 0.2) is 34.6 Å². The van der Waals surface area contributed by atoms with Gasteiger partial charge in [0.25, 0.3) is 0 Å². The van der Waals surface area contributed by atoms with E-state index in [2.05, 4.69) is 27.5 Å². The minimum atomic E-state index is -0.228. The maximum absolute atomic E-state index is 13.6. The number of hydrogen-bond acceptors (Lipinski definition) is 3. The van der Waals surface area contributed by atoms with Crippen LogP contribution in [0.1, 0.15) is 30.1 Å². The van der Waals surface area contributed by atoms with E-state index < -0.39 is 0 Å². The van der Waals surface area contributed by atoms with Crippen molar-refractivity contribution in [2.75, 3.05) is 6.54 Å². The van der Waals surface area contributed by atoms with E-state index in [4.69, 9.17) is 0 Å². The van der Waals surface area contributed by atoms with Gasteiger partial charge in [-0.25, -0.2) is 14.4 Å². The molecule has 1 aromatic heterocycles. The van der Waals surface area contributed by atoms with E-state index in [1.165, 1.54) is 6.07 Å². The van der Waals surface area contributed by atoms with E-state index in [0.29, 0.717) is 24.6 Å². The van der Waals surface area contributed by atoms with Crippen molar-refractivity contribution in [3.63, 3.8) is 0 Å². The zero-order valence-electron chi connectivity index (χ0n) is 13.3. The third kappa shape index (κ3) is 6.42. The Balaban J connectivity index is 0.00000264. The van der Waals surface area contributed by atoms with Crippen LogP contribution in [-0.2, 0) is 19.5 Å². The van der Waals surface area contributed by atoms with Gasteiger partial charge in [-0.1, -0.05) is 25.1 Å². The van der Waals surface area contributed by atoms with Crippen molar-refractivity contribution < 1.29 is 4.39 Å². The molecule has 0 saturated heterocycles. The Morgan fingerprint density at radius 1 is 1.26 bits per heavy atom. The molecule has 126 valence electrons. The van der Waals surface area contributed by atoms with Gasteiger partial charge in [0.2, 0.25) is 0 Å². The van der Waals surface area contributed by atoms with E-state index in [9.17, 15) is 4.39 Å². The Labute approximate surface area is 157 Å². The van der Waals surface area contributed by atoms with Crippen LogP contribution in [-0.4, -0.2) is 17.5 Å². The average molecular weight is 448 g/mol. The second-order valence-electron chi connectivity index (χ2n) is 4.73. The molecule has 0 amide bonds. The molecule has 0 spiro atoms. The van der Waals surface area contributed by atoms with Gasteiger partial charge in [0.15, 0.2) is 5.96 Å². The van der Waals surface area contributed by atoms with Crippen LogP contribution in [0.25, 0.3) is 0 Å². The van der Waals surface area contributed by atoms with Gasteiger partial charge in [-0.15, -0.1) is 35.3 Å². The number of aromatic nitrogens is 1. The van der Waals surface area contributed by atoms with Crippen molar-refractivity contribution >= 4 is 41.3 Å². The van der Waals surface area contributed by atoms with E-state index in [1.54, 1.807) is 23.5 Å². The summed E-state index contributed by atoms with van der Waals surface area (Å²) in [6.07, 6.45) is 0.951. The Hall–Kier alpha value is -1.22. The molecule has 0 aliphatic carbocycles. The number of nitrogens with zero attached hydrogens (tertiary/aromatic N) is 2. The Bertz CT molecular complexity index is 630. The fourth-order valence-electron chi connectivity index (χ4n) is 1.90. The SMILES string of the molecule is CCNC(=NCc1ccccc1F)NCc1csc(CC)n1.I. The molecule has 0 atom stereocenters. The minimum absolute atomic E-state index is 0. The number of halogens is 2. The Morgan fingerprint density at radius 3 is 2.70 bits per heavy atom. The predicted molar refractivity (Wildman–Crippen MR) is 105 cm³/mol. The maximum atomic E-state index is 13.6. The first-order chi connectivity index (χ1) is 10.7. The highest BCUT2D eigenvalue weighted by atomic mass is 127. The van der Waals surface area contributed by atoms with Crippen LogP contribution >= 0.6 is 35.3 Å². The molecule has 2 N–H and O–H groups in total. The van der Waals surface area contributed by atoms with Crippen LogP contribution in [0, 0.1) is 5.82 Å². The number of aliphatic imine (C=N–C) groups is 1. The van der Waals surface area contributed by atoms with Gasteiger partial charge in [0.05, 0.1) is 23.8 Å². The number of benzene rings is 1. The van der Waals surface area contributed by atoms with Gasteiger partial charge in [-0.05, 0) is 19.4 Å². The zero-order chi connectivity index (χ0) is 15.8. The van der Waals surface area contributed by atoms with Gasteiger partial charge < -0.3 is 10.6 Å². The summed E-state index contributed by atoms with van der Waals surface area (Å²) in [4.78, 5) is 8.92. The predicted octanol–water partition coefficient (Wildman–Crippen LogP) is 3.72. The molecule has 1 heterocycles. The van der Waals surface area contributed by atoms with Crippen molar-refractivity contribution in [1.82, 2.24) is 15.6 Å². The van der Waals surface area contributed by atoms with Crippen molar-refractivity contribution in [3.8, 4) is 0 Å². The van der Waals surface area contributed by atoms with E-state index in [1.807, 2.05) is 18.4 Å². The molecule has 0 aliphatic heterocycles. The summed E-state index contributed by atoms with van der Waals surface area (Å²) >= 11 is 1.67. The largest absolute Gasteiger partial charge is 0.357 e. The molecule has 7 heteroatoms. The van der Waals surface area contributed by atoms with Gasteiger partial charge in [-0.3, -0.25) is 0 Å². The highest BCUT2D eigenvalue weighted by Crippen LogP contribution is 2.10. The Morgan fingerprint density at radius 2 is 2.04 bits per heavy atom. The summed E-state index contributed by atoms with van der Waals surface area (Å²) in [7, 11) is 0. The fourth-order valence-corrected chi connectivity index (χ4v) is 2.64. The standard InChI is InChI=1S/C16H21FN4S.HI/c1-3-15-21-13(11-22-15)10-20-16(18-4-2)19-9-12-7-5-6-8-14(12)17;/h5-8,11H,3-4,9-10H2,1-2H3,(H2,18,19,20);1H. The number of nitrogens with one attached hydrogen (secondary N) is 2. The van der Waals surface area contributed by atoms with Gasteiger partial charge in [-0.2, -0.15) is 0 Å². The molecule has 2 rings (SSSR count). The summed E-state index contributed by atoms with van der Waals surface area (Å²) < 4.78 is 13.6. The summed E-state index contributed by atoms with van der Waals surface area (Å²) in [5.74, 6) is 0.436. The number of aryl methyl sites for hydroxylation is 1. The topological polar surface area (TPSA) is 49.3 Å². The zero-order valence-corrected chi connectivity index (χ0v) is 16.5. The smallest absolute Gasteiger partial charge is 0.191 e. The lowest BCUT2D eigenvalue weighted by atomic mass is 10.2. The van der Waals surface area contributed by atoms with E-state index >= 15 is 0 Å². The molecule has 2 aromatic rings. The van der Waals surface area contributed by atoms with Crippen molar-refractivity contribution in [2.45, 2.75) is 33.4 Å². The first-order valence-corrected chi connectivity index (χ1v) is 8.29. The number of guanidine groups is 1. The lowest BCUT2D eigenvalue weighted by Crippen LogP contribution is -2.36. The van der Waals surface area contributed by atoms with Crippen LogP contribution in [0.2, 0.25) is 0 Å². The third-order valence-electron chi connectivity index (χ3n) is 3.05. The van der Waals surface area contributed by atoms with E-state index in [0.717, 1.165) is 23.7 Å². The maximum Gasteiger partial charge on any atom is 0.191 e. The highest BCUT2D eigenvalue weighted by molar-refractivity contribution is 14.0. The molecule has 0 saturated carbocycles. The molecule has 23 heavy (non-hydrogen) atoms.